The van der Waals surface area contributed by atoms with Crippen molar-refractivity contribution in [2.75, 3.05) is 24.6 Å². The lowest BCUT2D eigenvalue weighted by atomic mass is 9.47. The molecule has 0 spiro atoms. The maximum Gasteiger partial charge on any atom is 0.317 e. The molecule has 0 radical (unpaired) electrons. The number of rotatable bonds is 21. The number of fused-ring (bicyclic) bond motifs is 5. The van der Waals surface area contributed by atoms with Crippen molar-refractivity contribution in [3.05, 3.63) is 11.6 Å². The predicted octanol–water partition coefficient (Wildman–Crippen LogP) is 10.5. The highest BCUT2D eigenvalue weighted by atomic mass is 33.1. The number of nitrogens with one attached hydrogen (secondary N) is 1. The number of hydrogen-bond donors (Lipinski definition) is 2. The second kappa shape index (κ2) is 19.8. The van der Waals surface area contributed by atoms with E-state index in [9.17, 15) is 9.59 Å². The third-order valence-electron chi connectivity index (χ3n) is 13.5. The summed E-state index contributed by atoms with van der Waals surface area (Å²) in [5.41, 5.74) is 7.92. The summed E-state index contributed by atoms with van der Waals surface area (Å²) in [7, 11) is 2.91. The summed E-state index contributed by atoms with van der Waals surface area (Å²) in [5, 5.41) is 3.03. The molecule has 8 atom stereocenters. The molecule has 0 saturated heterocycles. The number of allylic oxidation sites excluding steroid dienone is 1. The van der Waals surface area contributed by atoms with E-state index in [2.05, 4.69) is 46.0 Å². The Morgan fingerprint density at radius 2 is 1.58 bits per heavy atom. The maximum atomic E-state index is 12.8. The summed E-state index contributed by atoms with van der Waals surface area (Å²) in [5.74, 6) is 5.68. The Labute approximate surface area is 303 Å². The smallest absolute Gasteiger partial charge is 0.317 e. The number of carbonyl (C=O) groups is 2. The van der Waals surface area contributed by atoms with Crippen LogP contribution in [0.25, 0.3) is 0 Å². The largest absolute Gasteiger partial charge is 0.461 e. The number of hydrogen-bond acceptors (Lipinski definition) is 6. The lowest BCUT2D eigenvalue weighted by molar-refractivity contribution is -0.148. The van der Waals surface area contributed by atoms with Crippen molar-refractivity contribution in [1.29, 1.82) is 0 Å². The second-order valence-electron chi connectivity index (χ2n) is 17.1. The van der Waals surface area contributed by atoms with Gasteiger partial charge in [0.2, 0.25) is 5.91 Å². The fourth-order valence-corrected chi connectivity index (χ4v) is 12.4. The third-order valence-corrected chi connectivity index (χ3v) is 15.6. The average Bonchev–Trinajstić information content (AvgIpc) is 3.41. The highest BCUT2D eigenvalue weighted by Gasteiger charge is 2.59. The average molecular weight is 705 g/mol. The molecule has 3 N–H and O–H groups in total. The summed E-state index contributed by atoms with van der Waals surface area (Å²) in [4.78, 5) is 25.0. The standard InChI is InChI=1S/C41H72N2O3S2/c1-30(2)15-14-16-31(3)35-19-20-36-34-18-17-32-27-33(21-23-40(32,4)37(34)22-24-41(35,36)5)46-39(45)29-48-47-28-38(44)43-26-13-11-9-7-6-8-10-12-25-42/h17,30-31,33-37H,6-16,18-29,42H2,1-5H3,(H,43,44)/t31-,33+,34+,35-,36+,37+,40+,41-/m1/s1. The van der Waals surface area contributed by atoms with E-state index >= 15 is 0 Å². The second-order valence-corrected chi connectivity index (χ2v) is 19.6. The lowest BCUT2D eigenvalue weighted by Crippen LogP contribution is -2.51. The Hall–Kier alpha value is -0.660. The third kappa shape index (κ3) is 10.9. The zero-order valence-corrected chi connectivity index (χ0v) is 33.1. The van der Waals surface area contributed by atoms with Gasteiger partial charge in [-0.05, 0) is 111 Å². The summed E-state index contributed by atoms with van der Waals surface area (Å²) >= 11 is 0. The maximum absolute atomic E-state index is 12.8. The van der Waals surface area contributed by atoms with E-state index in [4.69, 9.17) is 10.5 Å². The van der Waals surface area contributed by atoms with E-state index in [0.29, 0.717) is 16.9 Å². The van der Waals surface area contributed by atoms with Crippen LogP contribution >= 0.6 is 21.6 Å². The van der Waals surface area contributed by atoms with Crippen LogP contribution in [0.4, 0.5) is 0 Å². The molecular formula is C41H72N2O3S2. The molecule has 0 heterocycles. The topological polar surface area (TPSA) is 81.4 Å². The molecular weight excluding hydrogens is 633 g/mol. The van der Waals surface area contributed by atoms with Gasteiger partial charge in [0, 0.05) is 13.0 Å². The molecule has 0 aromatic carbocycles. The van der Waals surface area contributed by atoms with Crippen LogP contribution in [-0.4, -0.2) is 42.6 Å². The Morgan fingerprint density at radius 3 is 2.31 bits per heavy atom. The minimum Gasteiger partial charge on any atom is -0.461 e. The van der Waals surface area contributed by atoms with E-state index in [1.807, 2.05) is 0 Å². The van der Waals surface area contributed by atoms with Crippen LogP contribution in [-0.2, 0) is 14.3 Å². The predicted molar refractivity (Wildman–Crippen MR) is 207 cm³/mol. The number of carbonyl (C=O) groups excluding carboxylic acids is 2. The summed E-state index contributed by atoms with van der Waals surface area (Å²) in [6, 6.07) is 0. The SMILES string of the molecule is CC(C)CCC[C@@H](C)[C@H]1CC[C@H]2[C@@H]3CC=C4C[C@@H](OC(=O)CSSCC(=O)NCCCCCCCCCCN)CC[C@]4(C)[C@H]3CC[C@]12C. The monoisotopic (exact) mass is 704 g/mol. The summed E-state index contributed by atoms with van der Waals surface area (Å²) in [6.07, 6.45) is 26.4. The van der Waals surface area contributed by atoms with Crippen molar-refractivity contribution in [1.82, 2.24) is 5.32 Å². The van der Waals surface area contributed by atoms with Gasteiger partial charge in [-0.2, -0.15) is 0 Å². The van der Waals surface area contributed by atoms with Crippen LogP contribution < -0.4 is 11.1 Å². The number of unbranched alkanes of at least 4 members (excludes halogenated alkanes) is 7. The number of ether oxygens (including phenoxy) is 1. The highest BCUT2D eigenvalue weighted by molar-refractivity contribution is 8.77. The molecule has 3 fully saturated rings. The van der Waals surface area contributed by atoms with Crippen molar-refractivity contribution >= 4 is 33.5 Å². The molecule has 4 aliphatic carbocycles. The molecule has 0 aromatic rings. The van der Waals surface area contributed by atoms with Gasteiger partial charge in [0.15, 0.2) is 0 Å². The Bertz CT molecular complexity index is 1040. The van der Waals surface area contributed by atoms with E-state index in [-0.39, 0.29) is 23.4 Å². The molecule has 0 aromatic heterocycles. The fourth-order valence-electron chi connectivity index (χ4n) is 10.8. The molecule has 0 unspecified atom stereocenters. The van der Waals surface area contributed by atoms with E-state index < -0.39 is 0 Å². The first kappa shape index (κ1) is 40.1. The molecule has 1 amide bonds. The van der Waals surface area contributed by atoms with Gasteiger partial charge in [-0.25, -0.2) is 0 Å². The molecule has 5 nitrogen and oxygen atoms in total. The van der Waals surface area contributed by atoms with Gasteiger partial charge in [-0.1, -0.05) is 126 Å². The first-order valence-electron chi connectivity index (χ1n) is 20.2. The first-order valence-corrected chi connectivity index (χ1v) is 22.7. The van der Waals surface area contributed by atoms with E-state index in [0.717, 1.165) is 80.7 Å². The molecule has 4 aliphatic rings. The van der Waals surface area contributed by atoms with Crippen molar-refractivity contribution < 1.29 is 14.3 Å². The lowest BCUT2D eigenvalue weighted by Gasteiger charge is -2.58. The van der Waals surface area contributed by atoms with Gasteiger partial charge >= 0.3 is 5.97 Å². The number of esters is 1. The zero-order valence-electron chi connectivity index (χ0n) is 31.5. The number of amides is 1. The van der Waals surface area contributed by atoms with Crippen molar-refractivity contribution in [3.63, 3.8) is 0 Å². The van der Waals surface area contributed by atoms with Crippen LogP contribution in [0.1, 0.15) is 157 Å². The quantitative estimate of drug-likeness (QED) is 0.0536. The van der Waals surface area contributed by atoms with Crippen molar-refractivity contribution in [3.8, 4) is 0 Å². The van der Waals surface area contributed by atoms with Gasteiger partial charge in [0.05, 0.1) is 5.75 Å². The van der Waals surface area contributed by atoms with Gasteiger partial charge in [0.1, 0.15) is 11.9 Å². The van der Waals surface area contributed by atoms with E-state index in [1.54, 1.807) is 5.57 Å². The van der Waals surface area contributed by atoms with Gasteiger partial charge in [-0.3, -0.25) is 9.59 Å². The normalized spacial score (nSPS) is 31.8. The van der Waals surface area contributed by atoms with Crippen molar-refractivity contribution in [2.45, 2.75) is 163 Å². The van der Waals surface area contributed by atoms with Crippen LogP contribution in [0.3, 0.4) is 0 Å². The molecule has 0 aliphatic heterocycles. The van der Waals surface area contributed by atoms with Gasteiger partial charge in [-0.15, -0.1) is 0 Å². The molecule has 48 heavy (non-hydrogen) atoms. The molecule has 4 rings (SSSR count). The zero-order chi connectivity index (χ0) is 34.6. The number of nitrogens with two attached hydrogens (primary N) is 1. The van der Waals surface area contributed by atoms with Crippen LogP contribution in [0.2, 0.25) is 0 Å². The van der Waals surface area contributed by atoms with E-state index in [1.165, 1.54) is 111 Å². The molecule has 3 saturated carbocycles. The summed E-state index contributed by atoms with van der Waals surface area (Å²) < 4.78 is 6.02. The van der Waals surface area contributed by atoms with Crippen molar-refractivity contribution in [2.24, 2.45) is 52.1 Å². The summed E-state index contributed by atoms with van der Waals surface area (Å²) in [6.45, 7) is 14.1. The first-order chi connectivity index (χ1) is 23.1. The molecule has 0 bridgehead atoms. The fraction of sp³-hybridized carbons (Fsp3) is 0.902. The van der Waals surface area contributed by atoms with Crippen LogP contribution in [0.15, 0.2) is 11.6 Å². The van der Waals surface area contributed by atoms with Crippen LogP contribution in [0, 0.1) is 46.3 Å². The molecule has 7 heteroatoms. The van der Waals surface area contributed by atoms with Gasteiger partial charge < -0.3 is 15.8 Å². The Balaban J connectivity index is 1.12. The minimum atomic E-state index is -0.133. The van der Waals surface area contributed by atoms with Crippen LogP contribution in [0.5, 0.6) is 0 Å². The Kier molecular flexibility index (Phi) is 16.6. The highest BCUT2D eigenvalue weighted by Crippen LogP contribution is 2.67. The molecule has 276 valence electrons. The van der Waals surface area contributed by atoms with Gasteiger partial charge in [0.25, 0.3) is 0 Å². The minimum absolute atomic E-state index is 0.00428. The Morgan fingerprint density at radius 1 is 0.875 bits per heavy atom.